The molecule has 0 radical (unpaired) electrons. The predicted molar refractivity (Wildman–Crippen MR) is 83.1 cm³/mol. The molecule has 0 amide bonds. The van der Waals surface area contributed by atoms with E-state index in [4.69, 9.17) is 10.5 Å². The molecule has 112 valence electrons. The summed E-state index contributed by atoms with van der Waals surface area (Å²) in [5, 5.41) is 0. The monoisotopic (exact) mass is 277 g/mol. The van der Waals surface area contributed by atoms with E-state index in [-0.39, 0.29) is 6.04 Å². The van der Waals surface area contributed by atoms with Crippen molar-refractivity contribution < 1.29 is 4.74 Å². The van der Waals surface area contributed by atoms with Crippen molar-refractivity contribution >= 4 is 0 Å². The maximum atomic E-state index is 6.00. The van der Waals surface area contributed by atoms with Gasteiger partial charge in [0.05, 0.1) is 13.2 Å². The number of hydrogen-bond acceptors (Lipinski definition) is 4. The summed E-state index contributed by atoms with van der Waals surface area (Å²) in [5.74, 6) is 0.927. The summed E-state index contributed by atoms with van der Waals surface area (Å²) in [6, 6.07) is 8.39. The lowest BCUT2D eigenvalue weighted by Gasteiger charge is -2.30. The van der Waals surface area contributed by atoms with Crippen LogP contribution in [0, 0.1) is 0 Å². The number of para-hydroxylation sites is 1. The van der Waals surface area contributed by atoms with Crippen LogP contribution in [0.25, 0.3) is 0 Å². The Morgan fingerprint density at radius 2 is 2.00 bits per heavy atom. The van der Waals surface area contributed by atoms with Gasteiger partial charge in [-0.3, -0.25) is 4.90 Å². The molecule has 1 aliphatic rings. The van der Waals surface area contributed by atoms with Gasteiger partial charge in [0, 0.05) is 25.2 Å². The van der Waals surface area contributed by atoms with Crippen molar-refractivity contribution in [1.82, 2.24) is 9.80 Å². The molecule has 4 nitrogen and oxygen atoms in total. The number of benzene rings is 1. The van der Waals surface area contributed by atoms with Crippen molar-refractivity contribution in [3.05, 3.63) is 29.8 Å². The van der Waals surface area contributed by atoms with Gasteiger partial charge in [-0.05, 0) is 39.0 Å². The van der Waals surface area contributed by atoms with Crippen LogP contribution in [0.5, 0.6) is 5.75 Å². The van der Waals surface area contributed by atoms with Crippen LogP contribution in [-0.2, 0) is 0 Å². The first-order valence-electron chi connectivity index (χ1n) is 7.52. The standard InChI is InChI=1S/C16H27N3O/c1-18(11-12-19-9-5-6-10-19)15(13-17)14-7-3-4-8-16(14)20-2/h3-4,7-8,15H,5-6,9-13,17H2,1-2H3. The van der Waals surface area contributed by atoms with Crippen LogP contribution in [0.1, 0.15) is 24.4 Å². The van der Waals surface area contributed by atoms with Crippen LogP contribution in [0.15, 0.2) is 24.3 Å². The molecule has 1 saturated heterocycles. The first-order valence-corrected chi connectivity index (χ1v) is 7.52. The topological polar surface area (TPSA) is 41.7 Å². The molecule has 1 aromatic carbocycles. The first kappa shape index (κ1) is 15.3. The zero-order valence-corrected chi connectivity index (χ0v) is 12.7. The summed E-state index contributed by atoms with van der Waals surface area (Å²) >= 11 is 0. The molecule has 1 aromatic rings. The first-order chi connectivity index (χ1) is 9.76. The molecule has 0 aromatic heterocycles. The zero-order chi connectivity index (χ0) is 14.4. The molecule has 2 rings (SSSR count). The molecule has 0 bridgehead atoms. The molecule has 2 N–H and O–H groups in total. The van der Waals surface area contributed by atoms with Crippen LogP contribution in [0.2, 0.25) is 0 Å². The van der Waals surface area contributed by atoms with E-state index < -0.39 is 0 Å². The molecular weight excluding hydrogens is 250 g/mol. The van der Waals surface area contributed by atoms with E-state index >= 15 is 0 Å². The zero-order valence-electron chi connectivity index (χ0n) is 12.7. The normalized spacial score (nSPS) is 17.6. The molecule has 4 heteroatoms. The number of nitrogens with two attached hydrogens (primary N) is 1. The lowest BCUT2D eigenvalue weighted by atomic mass is 10.0. The average molecular weight is 277 g/mol. The summed E-state index contributed by atoms with van der Waals surface area (Å²) in [6.07, 6.45) is 2.69. The Morgan fingerprint density at radius 3 is 2.65 bits per heavy atom. The van der Waals surface area contributed by atoms with Gasteiger partial charge in [0.25, 0.3) is 0 Å². The molecule has 0 saturated carbocycles. The molecule has 1 atom stereocenters. The fourth-order valence-electron chi connectivity index (χ4n) is 2.95. The SMILES string of the molecule is COc1ccccc1C(CN)N(C)CCN1CCCC1. The average Bonchev–Trinajstić information content (AvgIpc) is 3.00. The molecule has 0 spiro atoms. The van der Waals surface area contributed by atoms with E-state index in [0.717, 1.165) is 18.8 Å². The van der Waals surface area contributed by atoms with Gasteiger partial charge in [-0.15, -0.1) is 0 Å². The molecule has 1 unspecified atom stereocenters. The third kappa shape index (κ3) is 3.72. The Hall–Kier alpha value is -1.10. The van der Waals surface area contributed by atoms with Crippen molar-refractivity contribution in [3.8, 4) is 5.75 Å². The van der Waals surface area contributed by atoms with Gasteiger partial charge >= 0.3 is 0 Å². The van der Waals surface area contributed by atoms with Gasteiger partial charge < -0.3 is 15.4 Å². The fraction of sp³-hybridized carbons (Fsp3) is 0.625. The Morgan fingerprint density at radius 1 is 1.30 bits per heavy atom. The molecule has 20 heavy (non-hydrogen) atoms. The summed E-state index contributed by atoms with van der Waals surface area (Å²) < 4.78 is 5.46. The van der Waals surface area contributed by atoms with Crippen LogP contribution in [0.3, 0.4) is 0 Å². The minimum Gasteiger partial charge on any atom is -0.496 e. The highest BCUT2D eigenvalue weighted by atomic mass is 16.5. The summed E-state index contributed by atoms with van der Waals surface area (Å²) in [5.41, 5.74) is 7.18. The number of rotatable bonds is 7. The second-order valence-electron chi connectivity index (χ2n) is 5.52. The second kappa shape index (κ2) is 7.62. The summed E-state index contributed by atoms with van der Waals surface area (Å²) in [4.78, 5) is 4.88. The second-order valence-corrected chi connectivity index (χ2v) is 5.52. The quantitative estimate of drug-likeness (QED) is 0.824. The number of methoxy groups -OCH3 is 1. The Balaban J connectivity index is 1.98. The number of likely N-dealkylation sites (tertiary alicyclic amines) is 1. The van der Waals surface area contributed by atoms with Gasteiger partial charge in [-0.2, -0.15) is 0 Å². The van der Waals surface area contributed by atoms with E-state index in [9.17, 15) is 0 Å². The Labute approximate surface area is 122 Å². The summed E-state index contributed by atoms with van der Waals surface area (Å²) in [7, 11) is 3.87. The highest BCUT2D eigenvalue weighted by Gasteiger charge is 2.20. The smallest absolute Gasteiger partial charge is 0.123 e. The maximum Gasteiger partial charge on any atom is 0.123 e. The van der Waals surface area contributed by atoms with E-state index in [1.54, 1.807) is 7.11 Å². The molecule has 1 fully saturated rings. The number of hydrogen-bond donors (Lipinski definition) is 1. The molecule has 0 aliphatic carbocycles. The number of nitrogens with zero attached hydrogens (tertiary/aromatic N) is 2. The highest BCUT2D eigenvalue weighted by Crippen LogP contribution is 2.27. The van der Waals surface area contributed by atoms with Crippen LogP contribution < -0.4 is 10.5 Å². The lowest BCUT2D eigenvalue weighted by Crippen LogP contribution is -2.36. The third-order valence-corrected chi connectivity index (χ3v) is 4.22. The van der Waals surface area contributed by atoms with Crippen LogP contribution >= 0.6 is 0 Å². The Kier molecular flexibility index (Phi) is 5.83. The molecule has 1 aliphatic heterocycles. The van der Waals surface area contributed by atoms with Crippen molar-refractivity contribution in [2.24, 2.45) is 5.73 Å². The number of likely N-dealkylation sites (N-methyl/N-ethyl adjacent to an activating group) is 1. The third-order valence-electron chi connectivity index (χ3n) is 4.22. The minimum atomic E-state index is 0.216. The van der Waals surface area contributed by atoms with Gasteiger partial charge in [0.1, 0.15) is 5.75 Å². The van der Waals surface area contributed by atoms with Crippen molar-refractivity contribution in [1.29, 1.82) is 0 Å². The van der Waals surface area contributed by atoms with Gasteiger partial charge in [0.2, 0.25) is 0 Å². The largest absolute Gasteiger partial charge is 0.496 e. The van der Waals surface area contributed by atoms with Crippen LogP contribution in [-0.4, -0.2) is 56.7 Å². The highest BCUT2D eigenvalue weighted by molar-refractivity contribution is 5.36. The minimum absolute atomic E-state index is 0.216. The van der Waals surface area contributed by atoms with Gasteiger partial charge in [-0.25, -0.2) is 0 Å². The maximum absolute atomic E-state index is 6.00. The van der Waals surface area contributed by atoms with Crippen molar-refractivity contribution in [2.45, 2.75) is 18.9 Å². The number of ether oxygens (including phenoxy) is 1. The summed E-state index contributed by atoms with van der Waals surface area (Å²) in [6.45, 7) is 5.27. The van der Waals surface area contributed by atoms with E-state index in [2.05, 4.69) is 29.0 Å². The van der Waals surface area contributed by atoms with E-state index in [1.165, 1.54) is 31.5 Å². The van der Waals surface area contributed by atoms with Crippen molar-refractivity contribution in [3.63, 3.8) is 0 Å². The predicted octanol–water partition coefficient (Wildman–Crippen LogP) is 1.72. The Bertz CT molecular complexity index is 404. The van der Waals surface area contributed by atoms with Gasteiger partial charge in [0.15, 0.2) is 0 Å². The van der Waals surface area contributed by atoms with Crippen molar-refractivity contribution in [2.75, 3.05) is 46.9 Å². The molecular formula is C16H27N3O. The van der Waals surface area contributed by atoms with Crippen LogP contribution in [0.4, 0.5) is 0 Å². The van der Waals surface area contributed by atoms with E-state index in [0.29, 0.717) is 6.54 Å². The van der Waals surface area contributed by atoms with Gasteiger partial charge in [-0.1, -0.05) is 18.2 Å². The fourth-order valence-corrected chi connectivity index (χ4v) is 2.95. The molecule has 1 heterocycles. The lowest BCUT2D eigenvalue weighted by molar-refractivity contribution is 0.206. The van der Waals surface area contributed by atoms with E-state index in [1.807, 2.05) is 12.1 Å².